The second kappa shape index (κ2) is 6.78. The minimum atomic E-state index is -0.543. The molecule has 0 radical (unpaired) electrons. The highest BCUT2D eigenvalue weighted by Crippen LogP contribution is 2.14. The number of Topliss-reactive ketones (excluding diaryl/α,β-unsaturated/α-hetero) is 1. The summed E-state index contributed by atoms with van der Waals surface area (Å²) >= 11 is 0. The Morgan fingerprint density at radius 1 is 1.32 bits per heavy atom. The van der Waals surface area contributed by atoms with Crippen LogP contribution in [0.15, 0.2) is 24.3 Å². The number of halogens is 1. The van der Waals surface area contributed by atoms with Gasteiger partial charge in [-0.3, -0.25) is 4.79 Å². The van der Waals surface area contributed by atoms with Gasteiger partial charge < -0.3 is 9.47 Å². The van der Waals surface area contributed by atoms with Crippen molar-refractivity contribution < 1.29 is 18.7 Å². The van der Waals surface area contributed by atoms with Crippen molar-refractivity contribution in [3.63, 3.8) is 0 Å². The molecule has 1 aromatic rings. The van der Waals surface area contributed by atoms with Crippen LogP contribution < -0.4 is 0 Å². The van der Waals surface area contributed by atoms with Crippen molar-refractivity contribution in [2.75, 3.05) is 13.7 Å². The number of carbonyl (C=O) groups is 1. The third-order valence-electron chi connectivity index (χ3n) is 3.12. The summed E-state index contributed by atoms with van der Waals surface area (Å²) in [5, 5.41) is 0. The van der Waals surface area contributed by atoms with Crippen LogP contribution in [0.5, 0.6) is 0 Å². The predicted molar refractivity (Wildman–Crippen MR) is 71.8 cm³/mol. The largest absolute Gasteiger partial charge is 0.379 e. The number of carbonyl (C=O) groups excluding carboxylic acids is 1. The maximum atomic E-state index is 12.8. The number of benzene rings is 1. The predicted octanol–water partition coefficient (Wildman–Crippen LogP) is 3.23. The summed E-state index contributed by atoms with van der Waals surface area (Å²) in [6.07, 6.45) is 0.156. The van der Waals surface area contributed by atoms with E-state index in [-0.39, 0.29) is 17.2 Å². The Morgan fingerprint density at radius 2 is 1.89 bits per heavy atom. The SMILES string of the molecule is COC(C)(C)CCOC(C)C(=O)c1ccc(F)cc1. The molecule has 0 bridgehead atoms. The molecular formula is C15H21FO3. The van der Waals surface area contributed by atoms with Crippen molar-refractivity contribution >= 4 is 5.78 Å². The lowest BCUT2D eigenvalue weighted by Crippen LogP contribution is -2.28. The lowest BCUT2D eigenvalue weighted by Gasteiger charge is -2.23. The van der Waals surface area contributed by atoms with E-state index in [9.17, 15) is 9.18 Å². The lowest BCUT2D eigenvalue weighted by molar-refractivity contribution is -0.0197. The third kappa shape index (κ3) is 5.09. The van der Waals surface area contributed by atoms with Crippen LogP contribution in [0.4, 0.5) is 4.39 Å². The standard InChI is InChI=1S/C15H21FO3/c1-11(19-10-9-15(2,3)18-4)14(17)12-5-7-13(16)8-6-12/h5-8,11H,9-10H2,1-4H3. The van der Waals surface area contributed by atoms with E-state index in [1.54, 1.807) is 14.0 Å². The molecule has 3 nitrogen and oxygen atoms in total. The van der Waals surface area contributed by atoms with Gasteiger partial charge in [0.25, 0.3) is 0 Å². The van der Waals surface area contributed by atoms with E-state index in [2.05, 4.69) is 0 Å². The van der Waals surface area contributed by atoms with Gasteiger partial charge in [0.1, 0.15) is 11.9 Å². The number of rotatable bonds is 7. The van der Waals surface area contributed by atoms with Crippen molar-refractivity contribution in [1.82, 2.24) is 0 Å². The number of hydrogen-bond acceptors (Lipinski definition) is 3. The topological polar surface area (TPSA) is 35.5 Å². The second-order valence-electron chi connectivity index (χ2n) is 5.10. The van der Waals surface area contributed by atoms with Crippen LogP contribution in [0.25, 0.3) is 0 Å². The Morgan fingerprint density at radius 3 is 2.42 bits per heavy atom. The zero-order valence-corrected chi connectivity index (χ0v) is 11.9. The first kappa shape index (κ1) is 15.8. The molecule has 0 N–H and O–H groups in total. The number of methoxy groups -OCH3 is 1. The molecule has 0 heterocycles. The van der Waals surface area contributed by atoms with Gasteiger partial charge in [0.2, 0.25) is 0 Å². The molecule has 1 rings (SSSR count). The average Bonchev–Trinajstić information content (AvgIpc) is 2.38. The van der Waals surface area contributed by atoms with E-state index in [4.69, 9.17) is 9.47 Å². The fourth-order valence-electron chi connectivity index (χ4n) is 1.51. The minimum absolute atomic E-state index is 0.143. The molecule has 1 aromatic carbocycles. The molecular weight excluding hydrogens is 247 g/mol. The Kier molecular flexibility index (Phi) is 5.63. The highest BCUT2D eigenvalue weighted by molar-refractivity contribution is 5.99. The Hall–Kier alpha value is -1.26. The van der Waals surface area contributed by atoms with E-state index >= 15 is 0 Å². The zero-order chi connectivity index (χ0) is 14.5. The molecule has 0 aliphatic rings. The molecule has 19 heavy (non-hydrogen) atoms. The molecule has 0 spiro atoms. The van der Waals surface area contributed by atoms with Gasteiger partial charge in [-0.05, 0) is 51.5 Å². The molecule has 1 unspecified atom stereocenters. The van der Waals surface area contributed by atoms with Crippen molar-refractivity contribution in [2.45, 2.75) is 38.9 Å². The molecule has 0 saturated heterocycles. The van der Waals surface area contributed by atoms with Gasteiger partial charge in [-0.25, -0.2) is 4.39 Å². The fourth-order valence-corrected chi connectivity index (χ4v) is 1.51. The number of ketones is 1. The molecule has 0 saturated carbocycles. The van der Waals surface area contributed by atoms with Gasteiger partial charge >= 0.3 is 0 Å². The maximum Gasteiger partial charge on any atom is 0.191 e. The van der Waals surface area contributed by atoms with Crippen LogP contribution in [0.3, 0.4) is 0 Å². The second-order valence-corrected chi connectivity index (χ2v) is 5.10. The van der Waals surface area contributed by atoms with E-state index in [0.717, 1.165) is 0 Å². The van der Waals surface area contributed by atoms with Gasteiger partial charge in [-0.1, -0.05) is 0 Å². The highest BCUT2D eigenvalue weighted by Gasteiger charge is 2.19. The summed E-state index contributed by atoms with van der Waals surface area (Å²) in [4.78, 5) is 12.0. The first-order valence-electron chi connectivity index (χ1n) is 6.32. The fraction of sp³-hybridized carbons (Fsp3) is 0.533. The summed E-state index contributed by atoms with van der Waals surface area (Å²) in [5.74, 6) is -0.498. The molecule has 106 valence electrons. The van der Waals surface area contributed by atoms with E-state index < -0.39 is 6.10 Å². The Balaban J connectivity index is 2.47. The van der Waals surface area contributed by atoms with Crippen LogP contribution in [0.1, 0.15) is 37.6 Å². The number of ether oxygens (including phenoxy) is 2. The molecule has 4 heteroatoms. The van der Waals surface area contributed by atoms with E-state index in [1.165, 1.54) is 24.3 Å². The van der Waals surface area contributed by atoms with Crippen LogP contribution in [-0.2, 0) is 9.47 Å². The molecule has 0 aliphatic carbocycles. The summed E-state index contributed by atoms with van der Waals surface area (Å²) < 4.78 is 23.5. The van der Waals surface area contributed by atoms with Crippen LogP contribution in [0, 0.1) is 5.82 Å². The van der Waals surface area contributed by atoms with Gasteiger partial charge in [-0.15, -0.1) is 0 Å². The van der Waals surface area contributed by atoms with Crippen molar-refractivity contribution in [3.8, 4) is 0 Å². The summed E-state index contributed by atoms with van der Waals surface area (Å²) in [5.41, 5.74) is 0.193. The zero-order valence-electron chi connectivity index (χ0n) is 11.9. The molecule has 0 aromatic heterocycles. The third-order valence-corrected chi connectivity index (χ3v) is 3.12. The summed E-state index contributed by atoms with van der Waals surface area (Å²) in [6, 6.07) is 5.48. The van der Waals surface area contributed by atoms with Gasteiger partial charge in [-0.2, -0.15) is 0 Å². The average molecular weight is 268 g/mol. The van der Waals surface area contributed by atoms with Gasteiger partial charge in [0, 0.05) is 12.7 Å². The maximum absolute atomic E-state index is 12.8. The highest BCUT2D eigenvalue weighted by atomic mass is 19.1. The normalized spacial score (nSPS) is 13.3. The van der Waals surface area contributed by atoms with Crippen LogP contribution in [-0.4, -0.2) is 31.2 Å². The number of hydrogen-bond donors (Lipinski definition) is 0. The monoisotopic (exact) mass is 268 g/mol. The quantitative estimate of drug-likeness (QED) is 0.712. The minimum Gasteiger partial charge on any atom is -0.379 e. The Labute approximate surface area is 113 Å². The first-order valence-corrected chi connectivity index (χ1v) is 6.32. The van der Waals surface area contributed by atoms with E-state index in [1.807, 2.05) is 13.8 Å². The molecule has 0 aliphatic heterocycles. The first-order chi connectivity index (χ1) is 8.85. The van der Waals surface area contributed by atoms with Crippen LogP contribution in [0.2, 0.25) is 0 Å². The van der Waals surface area contributed by atoms with Crippen molar-refractivity contribution in [2.24, 2.45) is 0 Å². The van der Waals surface area contributed by atoms with Gasteiger partial charge in [0.05, 0.1) is 12.2 Å². The molecule has 0 amide bonds. The van der Waals surface area contributed by atoms with E-state index in [0.29, 0.717) is 18.6 Å². The Bertz CT molecular complexity index is 412. The molecule has 0 fully saturated rings. The van der Waals surface area contributed by atoms with Crippen molar-refractivity contribution in [3.05, 3.63) is 35.6 Å². The lowest BCUT2D eigenvalue weighted by atomic mass is 10.1. The van der Waals surface area contributed by atoms with Crippen molar-refractivity contribution in [1.29, 1.82) is 0 Å². The smallest absolute Gasteiger partial charge is 0.191 e. The van der Waals surface area contributed by atoms with Gasteiger partial charge in [0.15, 0.2) is 5.78 Å². The van der Waals surface area contributed by atoms with Crippen LogP contribution >= 0.6 is 0 Å². The summed E-state index contributed by atoms with van der Waals surface area (Å²) in [6.45, 7) is 6.06. The molecule has 1 atom stereocenters. The summed E-state index contributed by atoms with van der Waals surface area (Å²) in [7, 11) is 1.65.